The first-order valence-corrected chi connectivity index (χ1v) is 11.3. The number of fused-ring (bicyclic) bond motifs is 1. The molecule has 0 atom stereocenters. The summed E-state index contributed by atoms with van der Waals surface area (Å²) in [6, 6.07) is 9.76. The molecule has 2 aromatic heterocycles. The average Bonchev–Trinajstić information content (AvgIpc) is 2.86. The number of carbonyl (C=O) groups is 1. The summed E-state index contributed by atoms with van der Waals surface area (Å²) in [7, 11) is 1.55. The van der Waals surface area contributed by atoms with Crippen molar-refractivity contribution in [3.63, 3.8) is 0 Å². The number of methoxy groups -OCH3 is 1. The molecule has 3 rings (SSSR count). The van der Waals surface area contributed by atoms with E-state index in [9.17, 15) is 4.79 Å². The van der Waals surface area contributed by atoms with Crippen molar-refractivity contribution in [2.24, 2.45) is 4.99 Å². The zero-order valence-electron chi connectivity index (χ0n) is 21.1. The van der Waals surface area contributed by atoms with Crippen molar-refractivity contribution < 1.29 is 9.53 Å². The topological polar surface area (TPSA) is 64.4 Å². The molecule has 0 radical (unpaired) electrons. The van der Waals surface area contributed by atoms with Crippen LogP contribution in [0.1, 0.15) is 57.5 Å². The summed E-state index contributed by atoms with van der Waals surface area (Å²) in [6.07, 6.45) is 8.93. The fourth-order valence-electron chi connectivity index (χ4n) is 3.51. The number of ketones is 1. The number of pyridine rings is 2. The predicted molar refractivity (Wildman–Crippen MR) is 144 cm³/mol. The molecule has 0 amide bonds. The van der Waals surface area contributed by atoms with E-state index in [1.807, 2.05) is 71.0 Å². The molecule has 2 heterocycles. The van der Waals surface area contributed by atoms with Gasteiger partial charge in [0.25, 0.3) is 0 Å². The lowest BCUT2D eigenvalue weighted by atomic mass is 9.98. The first kappa shape index (κ1) is 26.4. The molecule has 0 unspecified atom stereocenters. The number of aromatic nitrogens is 2. The van der Waals surface area contributed by atoms with E-state index in [1.54, 1.807) is 31.8 Å². The molecular formula is C29H33N3O2. The smallest absolute Gasteiger partial charge is 0.164 e. The van der Waals surface area contributed by atoms with Crippen LogP contribution in [0, 0.1) is 0 Å². The third-order valence-corrected chi connectivity index (χ3v) is 5.08. The van der Waals surface area contributed by atoms with E-state index >= 15 is 0 Å². The number of benzene rings is 1. The standard InChI is InChI=1S/C27H27N3O2.C2H6/c1-7-19(15-24(17(3)4)29-8-2)20-9-11-21(12-10-20)26-27(32-6)25(18(5)31)22-16-28-14-13-23(22)30-26;1-2/h7-16H,1H2,2-6H3;1-2H3/b19-15+,29-8?;. The summed E-state index contributed by atoms with van der Waals surface area (Å²) in [4.78, 5) is 25.8. The Morgan fingerprint density at radius 1 is 1.09 bits per heavy atom. The SMILES string of the molecule is C=C/C(=C\C(N=CC)=C(C)C)c1ccc(-c2nc3ccncc3c(C(C)=O)c2OC)cc1.CC. The zero-order valence-corrected chi connectivity index (χ0v) is 21.1. The minimum atomic E-state index is -0.0947. The van der Waals surface area contributed by atoms with Crippen LogP contribution in [0.2, 0.25) is 0 Å². The van der Waals surface area contributed by atoms with Gasteiger partial charge in [0.2, 0.25) is 0 Å². The van der Waals surface area contributed by atoms with Crippen LogP contribution in [0.5, 0.6) is 5.75 Å². The number of allylic oxidation sites excluding steroid dienone is 4. The van der Waals surface area contributed by atoms with E-state index in [-0.39, 0.29) is 5.78 Å². The molecule has 0 aliphatic rings. The van der Waals surface area contributed by atoms with Crippen molar-refractivity contribution in [3.05, 3.63) is 83.9 Å². The minimum Gasteiger partial charge on any atom is -0.494 e. The maximum Gasteiger partial charge on any atom is 0.164 e. The predicted octanol–water partition coefficient (Wildman–Crippen LogP) is 7.49. The molecule has 0 aliphatic carbocycles. The summed E-state index contributed by atoms with van der Waals surface area (Å²) in [5, 5.41) is 0.680. The summed E-state index contributed by atoms with van der Waals surface area (Å²) in [5.74, 6) is 0.358. The van der Waals surface area contributed by atoms with Crippen LogP contribution in [-0.4, -0.2) is 29.1 Å². The fraction of sp³-hybridized carbons (Fsp3) is 0.241. The van der Waals surface area contributed by atoms with Gasteiger partial charge < -0.3 is 4.74 Å². The molecule has 0 N–H and O–H groups in total. The van der Waals surface area contributed by atoms with Crippen LogP contribution >= 0.6 is 0 Å². The maximum absolute atomic E-state index is 12.4. The zero-order chi connectivity index (χ0) is 25.3. The molecule has 34 heavy (non-hydrogen) atoms. The summed E-state index contributed by atoms with van der Waals surface area (Å²) >= 11 is 0. The molecular weight excluding hydrogens is 422 g/mol. The fourth-order valence-corrected chi connectivity index (χ4v) is 3.51. The van der Waals surface area contributed by atoms with Gasteiger partial charge in [0.15, 0.2) is 11.5 Å². The first-order valence-electron chi connectivity index (χ1n) is 11.3. The van der Waals surface area contributed by atoms with Crippen molar-refractivity contribution in [2.75, 3.05) is 7.11 Å². The van der Waals surface area contributed by atoms with Gasteiger partial charge in [-0.25, -0.2) is 4.98 Å². The number of rotatable bonds is 7. The monoisotopic (exact) mass is 455 g/mol. The molecule has 176 valence electrons. The van der Waals surface area contributed by atoms with Gasteiger partial charge in [-0.1, -0.05) is 56.3 Å². The highest BCUT2D eigenvalue weighted by Gasteiger charge is 2.20. The van der Waals surface area contributed by atoms with Gasteiger partial charge in [0.05, 0.1) is 23.9 Å². The molecule has 5 nitrogen and oxygen atoms in total. The number of aliphatic imine (C=N–C) groups is 1. The van der Waals surface area contributed by atoms with Gasteiger partial charge in [-0.2, -0.15) is 0 Å². The lowest BCUT2D eigenvalue weighted by Gasteiger charge is -2.14. The Bertz CT molecular complexity index is 1260. The number of hydrogen-bond acceptors (Lipinski definition) is 5. The molecule has 5 heteroatoms. The van der Waals surface area contributed by atoms with Crippen molar-refractivity contribution in [1.29, 1.82) is 0 Å². The Kier molecular flexibility index (Phi) is 9.62. The molecule has 0 saturated heterocycles. The number of hydrogen-bond donors (Lipinski definition) is 0. The van der Waals surface area contributed by atoms with Crippen molar-refractivity contribution in [1.82, 2.24) is 9.97 Å². The van der Waals surface area contributed by atoms with Gasteiger partial charge in [-0.3, -0.25) is 14.8 Å². The molecule has 0 aliphatic heterocycles. The lowest BCUT2D eigenvalue weighted by Crippen LogP contribution is -2.03. The molecule has 0 spiro atoms. The minimum absolute atomic E-state index is 0.0947. The summed E-state index contributed by atoms with van der Waals surface area (Å²) < 4.78 is 5.64. The molecule has 0 bridgehead atoms. The molecule has 3 aromatic rings. The van der Waals surface area contributed by atoms with E-state index in [0.717, 1.165) is 28.0 Å². The number of Topliss-reactive ketones (excluding diaryl/α,β-unsaturated/α-hetero) is 1. The molecule has 0 fully saturated rings. The average molecular weight is 456 g/mol. The second-order valence-corrected chi connectivity index (χ2v) is 7.47. The Balaban J connectivity index is 0.00000199. The van der Waals surface area contributed by atoms with Crippen LogP contribution in [0.4, 0.5) is 0 Å². The van der Waals surface area contributed by atoms with Gasteiger partial charge in [-0.05, 0) is 51.0 Å². The quantitative estimate of drug-likeness (QED) is 0.210. The molecule has 1 aromatic carbocycles. The van der Waals surface area contributed by atoms with E-state index in [2.05, 4.69) is 16.6 Å². The van der Waals surface area contributed by atoms with E-state index < -0.39 is 0 Å². The van der Waals surface area contributed by atoms with Gasteiger partial charge >= 0.3 is 0 Å². The number of carbonyl (C=O) groups excluding carboxylic acids is 1. The largest absolute Gasteiger partial charge is 0.494 e. The van der Waals surface area contributed by atoms with Crippen molar-refractivity contribution in [3.8, 4) is 17.0 Å². The van der Waals surface area contributed by atoms with Gasteiger partial charge in [0, 0.05) is 29.6 Å². The van der Waals surface area contributed by atoms with E-state index in [0.29, 0.717) is 27.9 Å². The highest BCUT2D eigenvalue weighted by Crippen LogP contribution is 2.36. The maximum atomic E-state index is 12.4. The van der Waals surface area contributed by atoms with E-state index in [1.165, 1.54) is 6.92 Å². The Hall–Kier alpha value is -3.86. The van der Waals surface area contributed by atoms with Crippen LogP contribution in [0.15, 0.2) is 77.7 Å². The first-order chi connectivity index (χ1) is 16.4. The highest BCUT2D eigenvalue weighted by atomic mass is 16.5. The van der Waals surface area contributed by atoms with Crippen molar-refractivity contribution in [2.45, 2.75) is 41.5 Å². The normalized spacial score (nSPS) is 11.1. The highest BCUT2D eigenvalue weighted by molar-refractivity contribution is 6.10. The Morgan fingerprint density at radius 2 is 1.76 bits per heavy atom. The third kappa shape index (κ3) is 5.73. The lowest BCUT2D eigenvalue weighted by molar-refractivity contribution is 0.101. The van der Waals surface area contributed by atoms with Gasteiger partial charge in [0.1, 0.15) is 5.69 Å². The number of nitrogens with zero attached hydrogens (tertiary/aromatic N) is 3. The second-order valence-electron chi connectivity index (χ2n) is 7.47. The molecule has 0 saturated carbocycles. The summed E-state index contributed by atoms with van der Waals surface area (Å²) in [5.41, 5.74) is 6.65. The van der Waals surface area contributed by atoms with Crippen LogP contribution in [0.25, 0.3) is 27.7 Å². The second kappa shape index (κ2) is 12.4. The third-order valence-electron chi connectivity index (χ3n) is 5.08. The van der Waals surface area contributed by atoms with E-state index in [4.69, 9.17) is 9.72 Å². The number of ether oxygens (including phenoxy) is 1. The van der Waals surface area contributed by atoms with Gasteiger partial charge in [-0.15, -0.1) is 0 Å². The van der Waals surface area contributed by atoms with Crippen LogP contribution in [0.3, 0.4) is 0 Å². The van der Waals surface area contributed by atoms with Crippen molar-refractivity contribution >= 4 is 28.5 Å². The summed E-state index contributed by atoms with van der Waals surface area (Å²) in [6.45, 7) is 15.4. The van der Waals surface area contributed by atoms with Crippen LogP contribution < -0.4 is 4.74 Å². The Labute approximate surface area is 202 Å². The Morgan fingerprint density at radius 3 is 2.29 bits per heavy atom. The van der Waals surface area contributed by atoms with Crippen LogP contribution in [-0.2, 0) is 0 Å².